The summed E-state index contributed by atoms with van der Waals surface area (Å²) in [5.41, 5.74) is 1.47. The monoisotopic (exact) mass is 244 g/mol. The summed E-state index contributed by atoms with van der Waals surface area (Å²) in [6.07, 6.45) is 4.99. The smallest absolute Gasteiger partial charge is 0.238 e. The predicted octanol–water partition coefficient (Wildman–Crippen LogP) is 2.45. The molecule has 5 heteroatoms. The SMILES string of the molecule is CCC1N=CCc2c1oc(N=CN(C)C)c2C#N. The van der Waals surface area contributed by atoms with Gasteiger partial charge in [-0.1, -0.05) is 6.92 Å². The number of hydrogen-bond donors (Lipinski definition) is 0. The van der Waals surface area contributed by atoms with E-state index in [0.717, 1.165) is 17.7 Å². The maximum atomic E-state index is 9.25. The van der Waals surface area contributed by atoms with Gasteiger partial charge in [-0.05, 0) is 6.42 Å². The second-order valence-corrected chi connectivity index (χ2v) is 4.40. The van der Waals surface area contributed by atoms with Crippen molar-refractivity contribution in [1.82, 2.24) is 4.90 Å². The van der Waals surface area contributed by atoms with E-state index < -0.39 is 0 Å². The van der Waals surface area contributed by atoms with Crippen molar-refractivity contribution in [3.63, 3.8) is 0 Å². The van der Waals surface area contributed by atoms with Gasteiger partial charge in [-0.3, -0.25) is 4.99 Å². The van der Waals surface area contributed by atoms with Crippen LogP contribution in [0.15, 0.2) is 14.4 Å². The quantitative estimate of drug-likeness (QED) is 0.606. The summed E-state index contributed by atoms with van der Waals surface area (Å²) in [5, 5.41) is 9.25. The molecule has 94 valence electrons. The molecule has 1 aromatic rings. The van der Waals surface area contributed by atoms with Gasteiger partial charge in [-0.25, -0.2) is 4.99 Å². The summed E-state index contributed by atoms with van der Waals surface area (Å²) < 4.78 is 5.72. The van der Waals surface area contributed by atoms with E-state index in [1.54, 1.807) is 11.2 Å². The maximum absolute atomic E-state index is 9.25. The minimum Gasteiger partial charge on any atom is -0.439 e. The average molecular weight is 244 g/mol. The summed E-state index contributed by atoms with van der Waals surface area (Å²) in [5.74, 6) is 1.18. The summed E-state index contributed by atoms with van der Waals surface area (Å²) in [6.45, 7) is 2.05. The number of aliphatic imine (C=N–C) groups is 2. The molecule has 5 nitrogen and oxygen atoms in total. The predicted molar refractivity (Wildman–Crippen MR) is 70.5 cm³/mol. The zero-order valence-corrected chi connectivity index (χ0v) is 10.8. The Labute approximate surface area is 106 Å². The van der Waals surface area contributed by atoms with Crippen LogP contribution in [0, 0.1) is 11.3 Å². The van der Waals surface area contributed by atoms with E-state index in [1.165, 1.54) is 0 Å². The van der Waals surface area contributed by atoms with Gasteiger partial charge in [0.15, 0.2) is 0 Å². The lowest BCUT2D eigenvalue weighted by Crippen LogP contribution is -2.07. The Morgan fingerprint density at radius 3 is 3.06 bits per heavy atom. The molecule has 1 atom stereocenters. The molecule has 18 heavy (non-hydrogen) atoms. The van der Waals surface area contributed by atoms with Crippen LogP contribution in [-0.2, 0) is 6.42 Å². The van der Waals surface area contributed by atoms with Crippen LogP contribution in [0.25, 0.3) is 0 Å². The molecule has 1 aliphatic rings. The largest absolute Gasteiger partial charge is 0.439 e. The fourth-order valence-corrected chi connectivity index (χ4v) is 1.94. The Balaban J connectivity index is 2.45. The maximum Gasteiger partial charge on any atom is 0.238 e. The summed E-state index contributed by atoms with van der Waals surface area (Å²) in [6, 6.07) is 2.20. The molecule has 1 unspecified atom stereocenters. The topological polar surface area (TPSA) is 64.9 Å². The van der Waals surface area contributed by atoms with Crippen LogP contribution in [0.5, 0.6) is 0 Å². The summed E-state index contributed by atoms with van der Waals surface area (Å²) in [4.78, 5) is 10.4. The molecule has 0 radical (unpaired) electrons. The van der Waals surface area contributed by atoms with Gasteiger partial charge in [0.2, 0.25) is 5.88 Å². The minimum atomic E-state index is 0.0177. The van der Waals surface area contributed by atoms with Gasteiger partial charge in [0.25, 0.3) is 0 Å². The number of nitriles is 1. The zero-order chi connectivity index (χ0) is 13.1. The van der Waals surface area contributed by atoms with Crippen molar-refractivity contribution < 1.29 is 4.42 Å². The Kier molecular flexibility index (Phi) is 3.47. The number of fused-ring (bicyclic) bond motifs is 1. The molecule has 0 aromatic carbocycles. The van der Waals surface area contributed by atoms with E-state index in [0.29, 0.717) is 17.9 Å². The lowest BCUT2D eigenvalue weighted by atomic mass is 10.0. The van der Waals surface area contributed by atoms with E-state index >= 15 is 0 Å². The highest BCUT2D eigenvalue weighted by Gasteiger charge is 2.26. The first-order valence-corrected chi connectivity index (χ1v) is 5.95. The lowest BCUT2D eigenvalue weighted by Gasteiger charge is -2.12. The molecular weight excluding hydrogens is 228 g/mol. The molecular formula is C13H16N4O. The first kappa shape index (κ1) is 12.4. The molecule has 1 aromatic heterocycles. The van der Waals surface area contributed by atoms with Crippen molar-refractivity contribution in [1.29, 1.82) is 5.26 Å². The number of nitrogens with zero attached hydrogens (tertiary/aromatic N) is 4. The molecule has 0 saturated heterocycles. The molecule has 0 bridgehead atoms. The molecule has 1 aliphatic heterocycles. The van der Waals surface area contributed by atoms with E-state index in [9.17, 15) is 5.26 Å². The fraction of sp³-hybridized carbons (Fsp3) is 0.462. The second-order valence-electron chi connectivity index (χ2n) is 4.40. The van der Waals surface area contributed by atoms with Crippen molar-refractivity contribution >= 4 is 18.4 Å². The number of furan rings is 1. The number of hydrogen-bond acceptors (Lipinski definition) is 4. The van der Waals surface area contributed by atoms with Gasteiger partial charge in [0.05, 0.1) is 6.34 Å². The van der Waals surface area contributed by atoms with Crippen molar-refractivity contribution in [2.45, 2.75) is 25.8 Å². The van der Waals surface area contributed by atoms with Crippen LogP contribution >= 0.6 is 0 Å². The first-order chi connectivity index (χ1) is 8.67. The minimum absolute atomic E-state index is 0.0177. The van der Waals surface area contributed by atoms with Crippen molar-refractivity contribution in [3.8, 4) is 6.07 Å². The average Bonchev–Trinajstić information content (AvgIpc) is 2.73. The van der Waals surface area contributed by atoms with Crippen LogP contribution in [0.4, 0.5) is 5.88 Å². The fourth-order valence-electron chi connectivity index (χ4n) is 1.94. The molecule has 2 rings (SSSR count). The highest BCUT2D eigenvalue weighted by molar-refractivity contribution is 5.71. The Morgan fingerprint density at radius 2 is 2.44 bits per heavy atom. The standard InChI is InChI=1S/C13H16N4O/c1-4-11-12-9(5-6-15-11)10(7-14)13(18-12)16-8-17(2)3/h6,8,11H,4-5H2,1-3H3. The molecule has 2 heterocycles. The summed E-state index contributed by atoms with van der Waals surface area (Å²) >= 11 is 0. The van der Waals surface area contributed by atoms with Gasteiger partial charge in [0.1, 0.15) is 23.4 Å². The molecule has 0 amide bonds. The third-order valence-electron chi connectivity index (χ3n) is 2.81. The lowest BCUT2D eigenvalue weighted by molar-refractivity contribution is 0.461. The molecule has 0 spiro atoms. The van der Waals surface area contributed by atoms with Crippen LogP contribution in [0.1, 0.15) is 36.3 Å². The van der Waals surface area contributed by atoms with Crippen LogP contribution in [0.2, 0.25) is 0 Å². The van der Waals surface area contributed by atoms with Crippen molar-refractivity contribution in [2.75, 3.05) is 14.1 Å². The van der Waals surface area contributed by atoms with Crippen LogP contribution in [0.3, 0.4) is 0 Å². The van der Waals surface area contributed by atoms with Crippen LogP contribution in [-0.4, -0.2) is 31.5 Å². The van der Waals surface area contributed by atoms with Crippen molar-refractivity contribution in [2.24, 2.45) is 9.98 Å². The van der Waals surface area contributed by atoms with Gasteiger partial charge in [-0.15, -0.1) is 0 Å². The van der Waals surface area contributed by atoms with E-state index in [1.807, 2.05) is 20.3 Å². The molecule has 0 fully saturated rings. The second kappa shape index (κ2) is 5.05. The van der Waals surface area contributed by atoms with Gasteiger partial charge in [-0.2, -0.15) is 5.26 Å². The number of rotatable bonds is 3. The first-order valence-electron chi connectivity index (χ1n) is 5.95. The highest BCUT2D eigenvalue weighted by Crippen LogP contribution is 2.37. The van der Waals surface area contributed by atoms with Gasteiger partial charge >= 0.3 is 0 Å². The molecule has 0 N–H and O–H groups in total. The zero-order valence-electron chi connectivity index (χ0n) is 10.8. The van der Waals surface area contributed by atoms with Crippen LogP contribution < -0.4 is 0 Å². The van der Waals surface area contributed by atoms with Gasteiger partial charge in [0, 0.05) is 32.3 Å². The van der Waals surface area contributed by atoms with Crippen molar-refractivity contribution in [3.05, 3.63) is 16.9 Å². The molecule has 0 aliphatic carbocycles. The van der Waals surface area contributed by atoms with E-state index in [2.05, 4.69) is 23.0 Å². The molecule has 0 saturated carbocycles. The van der Waals surface area contributed by atoms with E-state index in [4.69, 9.17) is 4.42 Å². The Hall–Kier alpha value is -2.09. The van der Waals surface area contributed by atoms with E-state index in [-0.39, 0.29) is 6.04 Å². The third kappa shape index (κ3) is 2.14. The normalized spacial score (nSPS) is 17.8. The third-order valence-corrected chi connectivity index (χ3v) is 2.81. The Bertz CT molecular complexity index is 534. The Morgan fingerprint density at radius 1 is 1.67 bits per heavy atom. The summed E-state index contributed by atoms with van der Waals surface area (Å²) in [7, 11) is 3.74. The van der Waals surface area contributed by atoms with Gasteiger partial charge < -0.3 is 9.32 Å². The highest BCUT2D eigenvalue weighted by atomic mass is 16.4.